The number of hydrogen-bond donors (Lipinski definition) is 3. The SMILES string of the molecule is Nc1nc(Cl)cc(NCCCc2nc3ccccc3[nH]2)n1. The first-order valence-corrected chi connectivity index (χ1v) is 7.06. The number of benzene rings is 1. The summed E-state index contributed by atoms with van der Waals surface area (Å²) >= 11 is 5.82. The molecule has 21 heavy (non-hydrogen) atoms. The highest BCUT2D eigenvalue weighted by atomic mass is 35.5. The third-order valence-electron chi connectivity index (χ3n) is 3.05. The Kier molecular flexibility index (Phi) is 3.87. The Labute approximate surface area is 126 Å². The van der Waals surface area contributed by atoms with E-state index in [0.717, 1.165) is 36.2 Å². The molecule has 7 heteroatoms. The number of aryl methyl sites for hydroxylation is 1. The Morgan fingerprint density at radius 3 is 2.86 bits per heavy atom. The van der Waals surface area contributed by atoms with Crippen LogP contribution in [0.3, 0.4) is 0 Å². The van der Waals surface area contributed by atoms with Gasteiger partial charge in [0.25, 0.3) is 0 Å². The summed E-state index contributed by atoms with van der Waals surface area (Å²) in [6.07, 6.45) is 1.78. The summed E-state index contributed by atoms with van der Waals surface area (Å²) in [6.45, 7) is 0.754. The van der Waals surface area contributed by atoms with Gasteiger partial charge in [-0.05, 0) is 18.6 Å². The number of nitrogens with two attached hydrogens (primary N) is 1. The molecular formula is C14H15ClN6. The van der Waals surface area contributed by atoms with E-state index in [4.69, 9.17) is 17.3 Å². The molecule has 0 fully saturated rings. The zero-order valence-corrected chi connectivity index (χ0v) is 12.1. The van der Waals surface area contributed by atoms with Crippen LogP contribution in [0.25, 0.3) is 11.0 Å². The smallest absolute Gasteiger partial charge is 0.223 e. The van der Waals surface area contributed by atoms with Gasteiger partial charge in [0.1, 0.15) is 16.8 Å². The number of aromatic amines is 1. The highest BCUT2D eigenvalue weighted by Crippen LogP contribution is 2.13. The number of nitrogens with zero attached hydrogens (tertiary/aromatic N) is 3. The molecule has 2 aromatic heterocycles. The summed E-state index contributed by atoms with van der Waals surface area (Å²) in [5.74, 6) is 1.79. The predicted molar refractivity (Wildman–Crippen MR) is 84.4 cm³/mol. The third-order valence-corrected chi connectivity index (χ3v) is 3.24. The second-order valence-corrected chi connectivity index (χ2v) is 5.05. The summed E-state index contributed by atoms with van der Waals surface area (Å²) in [5, 5.41) is 3.51. The van der Waals surface area contributed by atoms with Gasteiger partial charge in [0.2, 0.25) is 5.95 Å². The second-order valence-electron chi connectivity index (χ2n) is 4.67. The summed E-state index contributed by atoms with van der Waals surface area (Å²) in [6, 6.07) is 9.65. The van der Waals surface area contributed by atoms with Crippen molar-refractivity contribution in [3.63, 3.8) is 0 Å². The van der Waals surface area contributed by atoms with Gasteiger partial charge in [-0.2, -0.15) is 4.98 Å². The zero-order chi connectivity index (χ0) is 14.7. The molecule has 0 aliphatic heterocycles. The largest absolute Gasteiger partial charge is 0.370 e. The molecule has 6 nitrogen and oxygen atoms in total. The molecule has 108 valence electrons. The lowest BCUT2D eigenvalue weighted by Crippen LogP contribution is -2.07. The van der Waals surface area contributed by atoms with Crippen molar-refractivity contribution in [3.8, 4) is 0 Å². The first-order chi connectivity index (χ1) is 10.2. The molecule has 0 saturated carbocycles. The number of para-hydroxylation sites is 2. The summed E-state index contributed by atoms with van der Waals surface area (Å²) in [4.78, 5) is 15.7. The van der Waals surface area contributed by atoms with Crippen LogP contribution in [-0.4, -0.2) is 26.5 Å². The highest BCUT2D eigenvalue weighted by Gasteiger charge is 2.03. The maximum atomic E-state index is 5.82. The number of nitrogens with one attached hydrogen (secondary N) is 2. The molecule has 0 atom stereocenters. The Bertz CT molecular complexity index is 701. The van der Waals surface area contributed by atoms with Crippen LogP contribution in [0.15, 0.2) is 30.3 Å². The number of imidazole rings is 1. The second kappa shape index (κ2) is 5.97. The van der Waals surface area contributed by atoms with Gasteiger partial charge in [0.05, 0.1) is 11.0 Å². The zero-order valence-electron chi connectivity index (χ0n) is 11.3. The van der Waals surface area contributed by atoms with Crippen molar-refractivity contribution in [1.29, 1.82) is 0 Å². The average Bonchev–Trinajstić information content (AvgIpc) is 2.85. The maximum Gasteiger partial charge on any atom is 0.223 e. The minimum absolute atomic E-state index is 0.169. The highest BCUT2D eigenvalue weighted by molar-refractivity contribution is 6.29. The van der Waals surface area contributed by atoms with Crippen molar-refractivity contribution in [3.05, 3.63) is 41.3 Å². The number of aromatic nitrogens is 4. The van der Waals surface area contributed by atoms with E-state index in [1.165, 1.54) is 0 Å². The number of H-pyrrole nitrogens is 1. The quantitative estimate of drug-likeness (QED) is 0.498. The van der Waals surface area contributed by atoms with Gasteiger partial charge < -0.3 is 16.0 Å². The number of rotatable bonds is 5. The van der Waals surface area contributed by atoms with E-state index in [-0.39, 0.29) is 5.95 Å². The Morgan fingerprint density at radius 1 is 1.19 bits per heavy atom. The van der Waals surface area contributed by atoms with Gasteiger partial charge in [-0.3, -0.25) is 0 Å². The molecule has 3 aromatic rings. The molecule has 0 aliphatic rings. The lowest BCUT2D eigenvalue weighted by Gasteiger charge is -2.05. The molecule has 1 aromatic carbocycles. The first-order valence-electron chi connectivity index (χ1n) is 6.68. The van der Waals surface area contributed by atoms with Crippen molar-refractivity contribution >= 4 is 34.4 Å². The normalized spacial score (nSPS) is 10.9. The number of anilines is 2. The standard InChI is InChI=1S/C14H15ClN6/c15-11-8-13(21-14(16)20-11)17-7-3-6-12-18-9-4-1-2-5-10(9)19-12/h1-2,4-5,8H,3,6-7H2,(H,18,19)(H3,16,17,20,21). The van der Waals surface area contributed by atoms with Gasteiger partial charge in [0.15, 0.2) is 0 Å². The van der Waals surface area contributed by atoms with E-state index in [1.54, 1.807) is 6.07 Å². The Balaban J connectivity index is 1.54. The Morgan fingerprint density at radius 2 is 2.05 bits per heavy atom. The van der Waals surface area contributed by atoms with E-state index < -0.39 is 0 Å². The molecule has 0 aliphatic carbocycles. The fourth-order valence-electron chi connectivity index (χ4n) is 2.12. The van der Waals surface area contributed by atoms with Crippen molar-refractivity contribution in [2.45, 2.75) is 12.8 Å². The number of halogens is 1. The number of nitrogen functional groups attached to an aromatic ring is 1. The molecule has 3 rings (SSSR count). The average molecular weight is 303 g/mol. The van der Waals surface area contributed by atoms with Crippen LogP contribution in [0, 0.1) is 0 Å². The molecule has 0 amide bonds. The molecule has 0 spiro atoms. The molecular weight excluding hydrogens is 288 g/mol. The van der Waals surface area contributed by atoms with E-state index in [1.807, 2.05) is 24.3 Å². The van der Waals surface area contributed by atoms with Crippen LogP contribution in [0.1, 0.15) is 12.2 Å². The minimum Gasteiger partial charge on any atom is -0.370 e. The van der Waals surface area contributed by atoms with Crippen LogP contribution < -0.4 is 11.1 Å². The van der Waals surface area contributed by atoms with Crippen molar-refractivity contribution in [2.24, 2.45) is 0 Å². The van der Waals surface area contributed by atoms with E-state index in [0.29, 0.717) is 11.0 Å². The fourth-order valence-corrected chi connectivity index (χ4v) is 2.31. The summed E-state index contributed by atoms with van der Waals surface area (Å²) in [5.41, 5.74) is 7.60. The predicted octanol–water partition coefficient (Wildman–Crippen LogP) is 2.63. The first kappa shape index (κ1) is 13.6. The topological polar surface area (TPSA) is 92.5 Å². The number of hydrogen-bond acceptors (Lipinski definition) is 5. The molecule has 0 bridgehead atoms. The lowest BCUT2D eigenvalue weighted by atomic mass is 10.3. The molecule has 2 heterocycles. The maximum absolute atomic E-state index is 5.82. The van der Waals surface area contributed by atoms with Crippen molar-refractivity contribution in [1.82, 2.24) is 19.9 Å². The van der Waals surface area contributed by atoms with Gasteiger partial charge in [-0.1, -0.05) is 23.7 Å². The summed E-state index contributed by atoms with van der Waals surface area (Å²) < 4.78 is 0. The molecule has 4 N–H and O–H groups in total. The monoisotopic (exact) mass is 302 g/mol. The van der Waals surface area contributed by atoms with Crippen molar-refractivity contribution in [2.75, 3.05) is 17.6 Å². The van der Waals surface area contributed by atoms with Crippen LogP contribution in [0.4, 0.5) is 11.8 Å². The fraction of sp³-hybridized carbons (Fsp3) is 0.214. The Hall–Kier alpha value is -2.34. The lowest BCUT2D eigenvalue weighted by molar-refractivity contribution is 0.817. The van der Waals surface area contributed by atoms with Gasteiger partial charge in [0, 0.05) is 19.0 Å². The third kappa shape index (κ3) is 3.41. The van der Waals surface area contributed by atoms with Crippen LogP contribution in [-0.2, 0) is 6.42 Å². The summed E-state index contributed by atoms with van der Waals surface area (Å²) in [7, 11) is 0. The van der Waals surface area contributed by atoms with Crippen molar-refractivity contribution < 1.29 is 0 Å². The van der Waals surface area contributed by atoms with E-state index in [9.17, 15) is 0 Å². The van der Waals surface area contributed by atoms with E-state index in [2.05, 4.69) is 25.3 Å². The van der Waals surface area contributed by atoms with Gasteiger partial charge in [-0.15, -0.1) is 0 Å². The van der Waals surface area contributed by atoms with E-state index >= 15 is 0 Å². The van der Waals surface area contributed by atoms with Crippen LogP contribution >= 0.6 is 11.6 Å². The van der Waals surface area contributed by atoms with Crippen LogP contribution in [0.2, 0.25) is 5.15 Å². The number of fused-ring (bicyclic) bond motifs is 1. The van der Waals surface area contributed by atoms with Gasteiger partial charge >= 0.3 is 0 Å². The van der Waals surface area contributed by atoms with Crippen LogP contribution in [0.5, 0.6) is 0 Å². The molecule has 0 unspecified atom stereocenters. The van der Waals surface area contributed by atoms with Gasteiger partial charge in [-0.25, -0.2) is 9.97 Å². The molecule has 0 saturated heterocycles. The minimum atomic E-state index is 0.169. The molecule has 0 radical (unpaired) electrons.